The minimum absolute atomic E-state index is 0.491. The van der Waals surface area contributed by atoms with Gasteiger partial charge in [0.05, 0.1) is 12.2 Å². The third kappa shape index (κ3) is 2.47. The van der Waals surface area contributed by atoms with Gasteiger partial charge in [0.15, 0.2) is 0 Å². The zero-order valence-electron chi connectivity index (χ0n) is 9.66. The molecule has 1 N–H and O–H groups in total. The van der Waals surface area contributed by atoms with Crippen molar-refractivity contribution in [3.8, 4) is 0 Å². The molecule has 0 aliphatic carbocycles. The van der Waals surface area contributed by atoms with Crippen LogP contribution in [0.1, 0.15) is 37.3 Å². The standard InChI is InChI=1S/C13H17BrO2/c1-13(2,15)10-3-4-11(12(14)7-10)9-5-6-16-8-9/h3-4,7,9,15H,5-6,8H2,1-2H3. The van der Waals surface area contributed by atoms with E-state index in [9.17, 15) is 5.11 Å². The first kappa shape index (κ1) is 12.1. The predicted molar refractivity (Wildman–Crippen MR) is 67.6 cm³/mol. The summed E-state index contributed by atoms with van der Waals surface area (Å²) in [6.07, 6.45) is 1.08. The minimum Gasteiger partial charge on any atom is -0.386 e. The summed E-state index contributed by atoms with van der Waals surface area (Å²) in [5.41, 5.74) is 1.43. The van der Waals surface area contributed by atoms with Crippen molar-refractivity contribution in [3.63, 3.8) is 0 Å². The third-order valence-corrected chi connectivity index (χ3v) is 3.76. The molecule has 1 atom stereocenters. The molecule has 0 radical (unpaired) electrons. The zero-order chi connectivity index (χ0) is 11.8. The van der Waals surface area contributed by atoms with Crippen molar-refractivity contribution >= 4 is 15.9 Å². The van der Waals surface area contributed by atoms with Gasteiger partial charge in [0.1, 0.15) is 0 Å². The van der Waals surface area contributed by atoms with Gasteiger partial charge in [0.25, 0.3) is 0 Å². The van der Waals surface area contributed by atoms with E-state index in [0.29, 0.717) is 5.92 Å². The lowest BCUT2D eigenvalue weighted by molar-refractivity contribution is 0.0785. The first-order valence-electron chi connectivity index (χ1n) is 5.58. The van der Waals surface area contributed by atoms with E-state index in [1.807, 2.05) is 12.1 Å². The third-order valence-electron chi connectivity index (χ3n) is 3.08. The van der Waals surface area contributed by atoms with Crippen molar-refractivity contribution in [2.45, 2.75) is 31.8 Å². The summed E-state index contributed by atoms with van der Waals surface area (Å²) < 4.78 is 6.47. The number of hydrogen-bond donors (Lipinski definition) is 1. The van der Waals surface area contributed by atoms with Crippen LogP contribution in [0.5, 0.6) is 0 Å². The molecule has 0 aromatic heterocycles. The normalized spacial score (nSPS) is 21.4. The van der Waals surface area contributed by atoms with Gasteiger partial charge in [0, 0.05) is 17.0 Å². The van der Waals surface area contributed by atoms with Crippen LogP contribution in [0, 0.1) is 0 Å². The van der Waals surface area contributed by atoms with Crippen LogP contribution in [-0.2, 0) is 10.3 Å². The summed E-state index contributed by atoms with van der Waals surface area (Å²) in [5.74, 6) is 0.491. The summed E-state index contributed by atoms with van der Waals surface area (Å²) in [7, 11) is 0. The molecule has 1 saturated heterocycles. The van der Waals surface area contributed by atoms with Gasteiger partial charge in [-0.3, -0.25) is 0 Å². The lowest BCUT2D eigenvalue weighted by Crippen LogP contribution is -2.15. The van der Waals surface area contributed by atoms with E-state index in [-0.39, 0.29) is 0 Å². The number of benzene rings is 1. The SMILES string of the molecule is CC(C)(O)c1ccc(C2CCOC2)c(Br)c1. The fourth-order valence-corrected chi connectivity index (χ4v) is 2.72. The van der Waals surface area contributed by atoms with Crippen LogP contribution >= 0.6 is 15.9 Å². The second-order valence-electron chi connectivity index (χ2n) is 4.86. The van der Waals surface area contributed by atoms with E-state index in [1.54, 1.807) is 13.8 Å². The molecule has 1 aliphatic heterocycles. The van der Waals surface area contributed by atoms with E-state index < -0.39 is 5.60 Å². The van der Waals surface area contributed by atoms with Crippen LogP contribution in [0.2, 0.25) is 0 Å². The first-order chi connectivity index (χ1) is 7.48. The van der Waals surface area contributed by atoms with E-state index in [1.165, 1.54) is 5.56 Å². The summed E-state index contributed by atoms with van der Waals surface area (Å²) in [6.45, 7) is 5.26. The Morgan fingerprint density at radius 3 is 2.69 bits per heavy atom. The lowest BCUT2D eigenvalue weighted by Gasteiger charge is -2.20. The maximum atomic E-state index is 9.92. The quantitative estimate of drug-likeness (QED) is 0.904. The number of aliphatic hydroxyl groups is 1. The molecule has 1 unspecified atom stereocenters. The van der Waals surface area contributed by atoms with E-state index in [4.69, 9.17) is 4.74 Å². The van der Waals surface area contributed by atoms with Crippen molar-refractivity contribution in [3.05, 3.63) is 33.8 Å². The van der Waals surface area contributed by atoms with Gasteiger partial charge in [-0.25, -0.2) is 0 Å². The molecule has 1 aromatic rings. The van der Waals surface area contributed by atoms with Gasteiger partial charge in [0.2, 0.25) is 0 Å². The first-order valence-corrected chi connectivity index (χ1v) is 6.38. The van der Waals surface area contributed by atoms with Crippen molar-refractivity contribution in [1.82, 2.24) is 0 Å². The minimum atomic E-state index is -0.784. The van der Waals surface area contributed by atoms with Crippen molar-refractivity contribution in [1.29, 1.82) is 0 Å². The summed E-state index contributed by atoms with van der Waals surface area (Å²) >= 11 is 3.58. The summed E-state index contributed by atoms with van der Waals surface area (Å²) in [6, 6.07) is 6.10. The molecule has 1 heterocycles. The number of hydrogen-bond acceptors (Lipinski definition) is 2. The van der Waals surface area contributed by atoms with Gasteiger partial charge < -0.3 is 9.84 Å². The second kappa shape index (κ2) is 4.47. The molecular formula is C13H17BrO2. The summed E-state index contributed by atoms with van der Waals surface area (Å²) in [4.78, 5) is 0. The second-order valence-corrected chi connectivity index (χ2v) is 5.71. The molecule has 0 amide bonds. The lowest BCUT2D eigenvalue weighted by atomic mass is 9.93. The van der Waals surface area contributed by atoms with Crippen LogP contribution in [0.15, 0.2) is 22.7 Å². The smallest absolute Gasteiger partial charge is 0.0840 e. The molecule has 2 nitrogen and oxygen atoms in total. The van der Waals surface area contributed by atoms with Gasteiger partial charge in [-0.1, -0.05) is 28.1 Å². The van der Waals surface area contributed by atoms with Gasteiger partial charge in [-0.2, -0.15) is 0 Å². The molecule has 88 valence electrons. The molecular weight excluding hydrogens is 268 g/mol. The van der Waals surface area contributed by atoms with E-state index in [0.717, 1.165) is 29.7 Å². The zero-order valence-corrected chi connectivity index (χ0v) is 11.3. The molecule has 1 aromatic carbocycles. The fraction of sp³-hybridized carbons (Fsp3) is 0.538. The Labute approximate surface area is 105 Å². The highest BCUT2D eigenvalue weighted by Crippen LogP contribution is 2.33. The van der Waals surface area contributed by atoms with Crippen LogP contribution in [0.25, 0.3) is 0 Å². The van der Waals surface area contributed by atoms with Crippen molar-refractivity contribution < 1.29 is 9.84 Å². The maximum Gasteiger partial charge on any atom is 0.0840 e. The topological polar surface area (TPSA) is 29.5 Å². The highest BCUT2D eigenvalue weighted by Gasteiger charge is 2.22. The Morgan fingerprint density at radius 1 is 1.44 bits per heavy atom. The van der Waals surface area contributed by atoms with Crippen LogP contribution < -0.4 is 0 Å². The van der Waals surface area contributed by atoms with Crippen molar-refractivity contribution in [2.24, 2.45) is 0 Å². The molecule has 1 aliphatic rings. The molecule has 2 rings (SSSR count). The largest absolute Gasteiger partial charge is 0.386 e. The van der Waals surface area contributed by atoms with Crippen LogP contribution in [0.4, 0.5) is 0 Å². The monoisotopic (exact) mass is 284 g/mol. The Kier molecular flexibility index (Phi) is 3.38. The fourth-order valence-electron chi connectivity index (χ4n) is 2.02. The Bertz CT molecular complexity index is 376. The Morgan fingerprint density at radius 2 is 2.19 bits per heavy atom. The average molecular weight is 285 g/mol. The van der Waals surface area contributed by atoms with Gasteiger partial charge in [-0.15, -0.1) is 0 Å². The van der Waals surface area contributed by atoms with Crippen LogP contribution in [0.3, 0.4) is 0 Å². The molecule has 0 bridgehead atoms. The molecule has 16 heavy (non-hydrogen) atoms. The van der Waals surface area contributed by atoms with Gasteiger partial charge in [-0.05, 0) is 37.5 Å². The molecule has 0 spiro atoms. The predicted octanol–water partition coefficient (Wildman–Crippen LogP) is 3.18. The highest BCUT2D eigenvalue weighted by molar-refractivity contribution is 9.10. The molecule has 1 fully saturated rings. The van der Waals surface area contributed by atoms with Crippen molar-refractivity contribution in [2.75, 3.05) is 13.2 Å². The maximum absolute atomic E-state index is 9.92. The number of halogens is 1. The Balaban J connectivity index is 2.29. The number of ether oxygens (including phenoxy) is 1. The van der Waals surface area contributed by atoms with E-state index >= 15 is 0 Å². The van der Waals surface area contributed by atoms with Crippen LogP contribution in [-0.4, -0.2) is 18.3 Å². The molecule has 0 saturated carbocycles. The molecule has 3 heteroatoms. The number of rotatable bonds is 2. The Hall–Kier alpha value is -0.380. The summed E-state index contributed by atoms with van der Waals surface area (Å²) in [5, 5.41) is 9.92. The highest BCUT2D eigenvalue weighted by atomic mass is 79.9. The average Bonchev–Trinajstić information content (AvgIpc) is 2.69. The van der Waals surface area contributed by atoms with Gasteiger partial charge >= 0.3 is 0 Å². The van der Waals surface area contributed by atoms with E-state index in [2.05, 4.69) is 22.0 Å².